The third-order valence-electron chi connectivity index (χ3n) is 3.82. The van der Waals surface area contributed by atoms with E-state index in [1.54, 1.807) is 12.1 Å². The second-order valence-electron chi connectivity index (χ2n) is 5.47. The molecule has 0 aliphatic carbocycles. The highest BCUT2D eigenvalue weighted by molar-refractivity contribution is 5.72. The Bertz CT molecular complexity index is 1110. The van der Waals surface area contributed by atoms with Crippen LogP contribution in [0.15, 0.2) is 70.3 Å². The van der Waals surface area contributed by atoms with E-state index in [4.69, 9.17) is 0 Å². The molecule has 0 spiro atoms. The third-order valence-corrected chi connectivity index (χ3v) is 3.82. The van der Waals surface area contributed by atoms with Crippen LogP contribution in [-0.2, 0) is 6.42 Å². The molecule has 0 radical (unpaired) electrons. The average Bonchev–Trinajstić information content (AvgIpc) is 3.00. The molecule has 24 heavy (non-hydrogen) atoms. The molecule has 0 saturated carbocycles. The Hall–Kier alpha value is -3.41. The van der Waals surface area contributed by atoms with E-state index < -0.39 is 11.2 Å². The zero-order valence-electron chi connectivity index (χ0n) is 12.7. The summed E-state index contributed by atoms with van der Waals surface area (Å²) in [6, 6.07) is 18.9. The lowest BCUT2D eigenvalue weighted by Crippen LogP contribution is -2.29. The fraction of sp³-hybridized carbons (Fsp3) is 0.0556. The Labute approximate surface area is 136 Å². The van der Waals surface area contributed by atoms with Crippen LogP contribution in [0.5, 0.6) is 0 Å². The van der Waals surface area contributed by atoms with Crippen molar-refractivity contribution in [3.05, 3.63) is 92.9 Å². The molecule has 118 valence electrons. The van der Waals surface area contributed by atoms with Crippen molar-refractivity contribution in [1.29, 1.82) is 0 Å². The Morgan fingerprint density at radius 2 is 1.54 bits per heavy atom. The molecule has 0 amide bonds. The van der Waals surface area contributed by atoms with Crippen molar-refractivity contribution < 1.29 is 0 Å². The molecule has 4 rings (SSSR count). The first-order valence-corrected chi connectivity index (χ1v) is 7.55. The smallest absolute Gasteiger partial charge is 0.334 e. The largest absolute Gasteiger partial charge is 0.336 e. The van der Waals surface area contributed by atoms with Gasteiger partial charge in [-0.1, -0.05) is 48.5 Å². The van der Waals surface area contributed by atoms with Crippen molar-refractivity contribution in [2.75, 3.05) is 0 Å². The summed E-state index contributed by atoms with van der Waals surface area (Å²) in [6.07, 6.45) is 0.554. The van der Waals surface area contributed by atoms with E-state index in [9.17, 15) is 9.59 Å². The molecule has 4 aromatic rings. The predicted octanol–water partition coefficient (Wildman–Crippen LogP) is 1.99. The Morgan fingerprint density at radius 1 is 0.875 bits per heavy atom. The van der Waals surface area contributed by atoms with E-state index in [0.717, 1.165) is 5.56 Å². The molecule has 2 aromatic carbocycles. The maximum Gasteiger partial charge on any atom is 0.334 e. The molecule has 6 heteroatoms. The Kier molecular flexibility index (Phi) is 3.35. The van der Waals surface area contributed by atoms with Gasteiger partial charge in [0, 0.05) is 6.42 Å². The molecule has 0 aliphatic rings. The number of aromatic amines is 2. The van der Waals surface area contributed by atoms with Crippen LogP contribution in [0, 0.1) is 0 Å². The van der Waals surface area contributed by atoms with Crippen LogP contribution in [0.4, 0.5) is 0 Å². The van der Waals surface area contributed by atoms with Gasteiger partial charge in [-0.2, -0.15) is 0 Å². The number of benzene rings is 2. The number of hydrogen-bond acceptors (Lipinski definition) is 3. The topological polar surface area (TPSA) is 83.5 Å². The van der Waals surface area contributed by atoms with Crippen LogP contribution in [0.2, 0.25) is 0 Å². The van der Waals surface area contributed by atoms with Gasteiger partial charge in [0.15, 0.2) is 5.65 Å². The molecular formula is C18H14N4O2. The molecule has 2 heterocycles. The number of nitrogens with zero attached hydrogens (tertiary/aromatic N) is 2. The van der Waals surface area contributed by atoms with E-state index in [0.29, 0.717) is 29.1 Å². The molecule has 6 nitrogen and oxygen atoms in total. The van der Waals surface area contributed by atoms with Gasteiger partial charge in [-0.3, -0.25) is 9.78 Å². The van der Waals surface area contributed by atoms with Gasteiger partial charge in [-0.15, -0.1) is 0 Å². The van der Waals surface area contributed by atoms with Gasteiger partial charge >= 0.3 is 5.69 Å². The zero-order chi connectivity index (χ0) is 16.5. The third kappa shape index (κ3) is 2.44. The number of para-hydroxylation sites is 1. The second kappa shape index (κ2) is 5.66. The SMILES string of the molecule is O=c1[nH]c(=O)n(-c2ccccc2)c2nc(Cc3ccccc3)[nH]c12. The van der Waals surface area contributed by atoms with Crippen molar-refractivity contribution in [1.82, 2.24) is 19.5 Å². The van der Waals surface area contributed by atoms with E-state index in [1.807, 2.05) is 48.5 Å². The van der Waals surface area contributed by atoms with Crippen LogP contribution in [0.3, 0.4) is 0 Å². The second-order valence-corrected chi connectivity index (χ2v) is 5.47. The standard InChI is InChI=1S/C18H14N4O2/c23-17-15-16(20-14(19-15)11-12-7-3-1-4-8-12)22(18(24)21-17)13-9-5-2-6-10-13/h1-10H,11H2,(H,19,20)(H,21,23,24). The fourth-order valence-corrected chi connectivity index (χ4v) is 2.73. The molecule has 0 bridgehead atoms. The highest BCUT2D eigenvalue weighted by atomic mass is 16.2. The maximum absolute atomic E-state index is 12.3. The Balaban J connectivity index is 1.91. The molecule has 0 aliphatic heterocycles. The lowest BCUT2D eigenvalue weighted by atomic mass is 10.1. The van der Waals surface area contributed by atoms with Crippen molar-refractivity contribution >= 4 is 11.2 Å². The monoisotopic (exact) mass is 318 g/mol. The van der Waals surface area contributed by atoms with Gasteiger partial charge < -0.3 is 4.98 Å². The van der Waals surface area contributed by atoms with Crippen molar-refractivity contribution in [3.8, 4) is 5.69 Å². The first kappa shape index (κ1) is 14.2. The van der Waals surface area contributed by atoms with Gasteiger partial charge in [0.05, 0.1) is 5.69 Å². The first-order chi connectivity index (χ1) is 11.7. The van der Waals surface area contributed by atoms with Crippen molar-refractivity contribution in [2.24, 2.45) is 0 Å². The summed E-state index contributed by atoms with van der Waals surface area (Å²) in [5, 5.41) is 0. The molecule has 2 N–H and O–H groups in total. The average molecular weight is 318 g/mol. The highest BCUT2D eigenvalue weighted by Crippen LogP contribution is 2.13. The number of rotatable bonds is 3. The Morgan fingerprint density at radius 3 is 2.25 bits per heavy atom. The number of aromatic nitrogens is 4. The minimum Gasteiger partial charge on any atom is -0.336 e. The number of hydrogen-bond donors (Lipinski definition) is 2. The number of imidazole rings is 1. The summed E-state index contributed by atoms with van der Waals surface area (Å²) in [4.78, 5) is 34.3. The summed E-state index contributed by atoms with van der Waals surface area (Å²) in [6.45, 7) is 0. The van der Waals surface area contributed by atoms with E-state index in [-0.39, 0.29) is 0 Å². The summed E-state index contributed by atoms with van der Waals surface area (Å²) in [5.41, 5.74) is 1.39. The molecule has 0 unspecified atom stereocenters. The van der Waals surface area contributed by atoms with E-state index in [1.165, 1.54) is 4.57 Å². The summed E-state index contributed by atoms with van der Waals surface area (Å²) in [7, 11) is 0. The minimum absolute atomic E-state index is 0.296. The molecular weight excluding hydrogens is 304 g/mol. The predicted molar refractivity (Wildman–Crippen MR) is 91.6 cm³/mol. The van der Waals surface area contributed by atoms with Crippen LogP contribution in [0.25, 0.3) is 16.9 Å². The summed E-state index contributed by atoms with van der Waals surface area (Å²) in [5.74, 6) is 0.636. The van der Waals surface area contributed by atoms with Crippen LogP contribution < -0.4 is 11.2 Å². The molecule has 2 aromatic heterocycles. The minimum atomic E-state index is -0.503. The van der Waals surface area contributed by atoms with Gasteiger partial charge in [-0.25, -0.2) is 14.3 Å². The van der Waals surface area contributed by atoms with Crippen molar-refractivity contribution in [3.63, 3.8) is 0 Å². The van der Waals surface area contributed by atoms with Gasteiger partial charge in [-0.05, 0) is 17.7 Å². The molecule has 0 atom stereocenters. The van der Waals surface area contributed by atoms with Gasteiger partial charge in [0.25, 0.3) is 5.56 Å². The van der Waals surface area contributed by atoms with Gasteiger partial charge in [0.1, 0.15) is 11.3 Å². The van der Waals surface area contributed by atoms with Crippen LogP contribution in [-0.4, -0.2) is 19.5 Å². The fourth-order valence-electron chi connectivity index (χ4n) is 2.73. The maximum atomic E-state index is 12.3. The zero-order valence-corrected chi connectivity index (χ0v) is 12.7. The van der Waals surface area contributed by atoms with Crippen molar-refractivity contribution in [2.45, 2.75) is 6.42 Å². The van der Waals surface area contributed by atoms with Gasteiger partial charge in [0.2, 0.25) is 0 Å². The number of fused-ring (bicyclic) bond motifs is 1. The first-order valence-electron chi connectivity index (χ1n) is 7.55. The summed E-state index contributed by atoms with van der Waals surface area (Å²) >= 11 is 0. The highest BCUT2D eigenvalue weighted by Gasteiger charge is 2.14. The van der Waals surface area contributed by atoms with E-state index >= 15 is 0 Å². The molecule has 0 fully saturated rings. The normalized spacial score (nSPS) is 11.0. The lowest BCUT2D eigenvalue weighted by molar-refractivity contribution is 0.927. The van der Waals surface area contributed by atoms with Crippen LogP contribution in [0.1, 0.15) is 11.4 Å². The van der Waals surface area contributed by atoms with E-state index in [2.05, 4.69) is 15.0 Å². The molecule has 0 saturated heterocycles. The quantitative estimate of drug-likeness (QED) is 0.606. The number of nitrogens with one attached hydrogen (secondary N) is 2. The number of H-pyrrole nitrogens is 2. The lowest BCUT2D eigenvalue weighted by Gasteiger charge is -2.04. The summed E-state index contributed by atoms with van der Waals surface area (Å²) < 4.78 is 1.40. The van der Waals surface area contributed by atoms with Crippen LogP contribution >= 0.6 is 0 Å².